The number of hydrogen-bond acceptors (Lipinski definition) is 5. The number of aromatic nitrogens is 2. The van der Waals surface area contributed by atoms with Gasteiger partial charge in [0.2, 0.25) is 0 Å². The topological polar surface area (TPSA) is 103 Å². The normalized spacial score (nSPS) is 14.3. The number of benzene rings is 1. The number of nitrogens with one attached hydrogen (secondary N) is 1. The summed E-state index contributed by atoms with van der Waals surface area (Å²) in [5, 5.41) is 16.7. The Bertz CT molecular complexity index is 927. The average Bonchev–Trinajstić information content (AvgIpc) is 3.48. The van der Waals surface area contributed by atoms with Gasteiger partial charge in [0.25, 0.3) is 5.91 Å². The molecule has 0 saturated heterocycles. The first-order chi connectivity index (χ1) is 15.3. The summed E-state index contributed by atoms with van der Waals surface area (Å²) >= 11 is 0. The lowest BCUT2D eigenvalue weighted by Crippen LogP contribution is -2.37. The minimum absolute atomic E-state index is 0.125. The molecule has 0 aliphatic heterocycles. The number of ether oxygens (including phenoxy) is 2. The maximum atomic E-state index is 13.0. The monoisotopic (exact) mass is 443 g/mol. The van der Waals surface area contributed by atoms with Gasteiger partial charge in [-0.2, -0.15) is 5.10 Å². The quantitative estimate of drug-likeness (QED) is 0.514. The molecule has 0 radical (unpaired) electrons. The number of amides is 1. The van der Waals surface area contributed by atoms with Gasteiger partial charge in [-0.3, -0.25) is 14.3 Å². The highest BCUT2D eigenvalue weighted by atomic mass is 16.5. The summed E-state index contributed by atoms with van der Waals surface area (Å²) in [5.41, 5.74) is 1.73. The van der Waals surface area contributed by atoms with Gasteiger partial charge < -0.3 is 19.9 Å². The van der Waals surface area contributed by atoms with Crippen molar-refractivity contribution >= 4 is 11.9 Å². The summed E-state index contributed by atoms with van der Waals surface area (Å²) in [7, 11) is 3.19. The van der Waals surface area contributed by atoms with E-state index in [1.807, 2.05) is 36.7 Å². The number of methoxy groups -OCH3 is 2. The lowest BCUT2D eigenvalue weighted by Gasteiger charge is -2.18. The summed E-state index contributed by atoms with van der Waals surface area (Å²) in [4.78, 5) is 24.3. The van der Waals surface area contributed by atoms with E-state index >= 15 is 0 Å². The van der Waals surface area contributed by atoms with Crippen LogP contribution in [-0.4, -0.2) is 47.0 Å². The van der Waals surface area contributed by atoms with Crippen molar-refractivity contribution in [1.82, 2.24) is 15.1 Å². The third-order valence-electron chi connectivity index (χ3n) is 5.65. The van der Waals surface area contributed by atoms with Gasteiger partial charge in [0.15, 0.2) is 5.69 Å². The number of carbonyl (C=O) groups excluding carboxylic acids is 1. The highest BCUT2D eigenvalue weighted by Gasteiger charge is 2.26. The van der Waals surface area contributed by atoms with Crippen molar-refractivity contribution in [2.24, 2.45) is 11.8 Å². The molecule has 0 unspecified atom stereocenters. The fourth-order valence-corrected chi connectivity index (χ4v) is 3.95. The maximum Gasteiger partial charge on any atom is 0.305 e. The second-order valence-corrected chi connectivity index (χ2v) is 8.81. The van der Waals surface area contributed by atoms with Gasteiger partial charge in [0.05, 0.1) is 31.9 Å². The molecule has 174 valence electrons. The zero-order valence-electron chi connectivity index (χ0n) is 19.3. The van der Waals surface area contributed by atoms with Gasteiger partial charge in [0.1, 0.15) is 11.5 Å². The lowest BCUT2D eigenvalue weighted by atomic mass is 10.0. The van der Waals surface area contributed by atoms with Crippen LogP contribution in [0, 0.1) is 11.8 Å². The molecule has 1 amide bonds. The molecule has 1 atom stereocenters. The Morgan fingerprint density at radius 2 is 1.88 bits per heavy atom. The smallest absolute Gasteiger partial charge is 0.305 e. The van der Waals surface area contributed by atoms with Crippen LogP contribution in [0.25, 0.3) is 11.3 Å². The third kappa shape index (κ3) is 6.02. The fourth-order valence-electron chi connectivity index (χ4n) is 3.95. The molecule has 32 heavy (non-hydrogen) atoms. The highest BCUT2D eigenvalue weighted by Crippen LogP contribution is 2.39. The molecule has 1 aromatic heterocycles. The molecule has 1 saturated carbocycles. The van der Waals surface area contributed by atoms with Crippen LogP contribution in [-0.2, 0) is 11.3 Å². The van der Waals surface area contributed by atoms with E-state index in [-0.39, 0.29) is 23.9 Å². The van der Waals surface area contributed by atoms with Gasteiger partial charge in [-0.05, 0) is 42.9 Å². The summed E-state index contributed by atoms with van der Waals surface area (Å²) < 4.78 is 13.0. The van der Waals surface area contributed by atoms with Crippen LogP contribution in [0.3, 0.4) is 0 Å². The van der Waals surface area contributed by atoms with Crippen LogP contribution in [0.2, 0.25) is 0 Å². The first-order valence-electron chi connectivity index (χ1n) is 11.1. The van der Waals surface area contributed by atoms with E-state index in [9.17, 15) is 14.7 Å². The lowest BCUT2D eigenvalue weighted by molar-refractivity contribution is -0.137. The van der Waals surface area contributed by atoms with Crippen LogP contribution >= 0.6 is 0 Å². The van der Waals surface area contributed by atoms with Crippen molar-refractivity contribution in [1.29, 1.82) is 0 Å². The van der Waals surface area contributed by atoms with Gasteiger partial charge >= 0.3 is 5.97 Å². The van der Waals surface area contributed by atoms with Gasteiger partial charge in [-0.1, -0.05) is 32.8 Å². The number of carbonyl (C=O) groups is 2. The van der Waals surface area contributed by atoms with E-state index in [2.05, 4.69) is 10.4 Å². The number of aliphatic carboxylic acids is 1. The molecule has 2 N–H and O–H groups in total. The van der Waals surface area contributed by atoms with E-state index < -0.39 is 12.0 Å². The molecule has 1 aliphatic rings. The SMILES string of the molecule is COc1cccc(OC)c1-c1cc(C(=O)N[C@H](CC(=O)O)CC(C)C)nn1CCC1CC1. The van der Waals surface area contributed by atoms with E-state index in [1.165, 1.54) is 12.8 Å². The molecule has 8 heteroatoms. The Morgan fingerprint density at radius 1 is 1.22 bits per heavy atom. The second-order valence-electron chi connectivity index (χ2n) is 8.81. The summed E-state index contributed by atoms with van der Waals surface area (Å²) in [5.74, 6) is 0.904. The fraction of sp³-hybridized carbons (Fsp3) is 0.542. The summed E-state index contributed by atoms with van der Waals surface area (Å²) in [6, 6.07) is 6.82. The first-order valence-corrected chi connectivity index (χ1v) is 11.1. The molecule has 0 bridgehead atoms. The third-order valence-corrected chi connectivity index (χ3v) is 5.65. The highest BCUT2D eigenvalue weighted by molar-refractivity contribution is 5.94. The Labute approximate surface area is 188 Å². The van der Waals surface area contributed by atoms with Gasteiger partial charge in [-0.25, -0.2) is 0 Å². The Hall–Kier alpha value is -3.03. The van der Waals surface area contributed by atoms with Crippen LogP contribution < -0.4 is 14.8 Å². The second kappa shape index (κ2) is 10.5. The van der Waals surface area contributed by atoms with E-state index in [4.69, 9.17) is 9.47 Å². The standard InChI is InChI=1S/C24H33N3O5/c1-15(2)12-17(13-22(28)29)25-24(30)18-14-19(27(26-18)11-10-16-8-9-16)23-20(31-3)6-5-7-21(23)32-4/h5-7,14-17H,8-13H2,1-4H3,(H,25,30)(H,28,29)/t17-/m0/s1. The Balaban J connectivity index is 1.94. The molecule has 1 aromatic carbocycles. The Morgan fingerprint density at radius 3 is 2.41 bits per heavy atom. The largest absolute Gasteiger partial charge is 0.496 e. The van der Waals surface area contributed by atoms with Crippen molar-refractivity contribution in [3.8, 4) is 22.8 Å². The van der Waals surface area contributed by atoms with Crippen molar-refractivity contribution < 1.29 is 24.2 Å². The van der Waals surface area contributed by atoms with Gasteiger partial charge in [-0.15, -0.1) is 0 Å². The number of carboxylic acids is 1. The minimum atomic E-state index is -0.939. The zero-order chi connectivity index (χ0) is 23.3. The number of hydrogen-bond donors (Lipinski definition) is 2. The molecular formula is C24H33N3O5. The maximum absolute atomic E-state index is 13.0. The number of carboxylic acid groups (broad SMARTS) is 1. The molecule has 0 spiro atoms. The van der Waals surface area contributed by atoms with Crippen molar-refractivity contribution in [2.75, 3.05) is 14.2 Å². The van der Waals surface area contributed by atoms with Gasteiger partial charge in [0, 0.05) is 12.6 Å². The number of aryl methyl sites for hydroxylation is 1. The van der Waals surface area contributed by atoms with Crippen LogP contribution in [0.15, 0.2) is 24.3 Å². The molecule has 1 heterocycles. The van der Waals surface area contributed by atoms with Crippen LogP contribution in [0.4, 0.5) is 0 Å². The van der Waals surface area contributed by atoms with Crippen molar-refractivity contribution in [3.63, 3.8) is 0 Å². The number of rotatable bonds is 12. The predicted octanol–water partition coefficient (Wildman–Crippen LogP) is 3.99. The molecule has 3 rings (SSSR count). The van der Waals surface area contributed by atoms with Crippen molar-refractivity contribution in [2.45, 2.75) is 58.5 Å². The molecule has 2 aromatic rings. The first kappa shape index (κ1) is 23.6. The van der Waals surface area contributed by atoms with Crippen LogP contribution in [0.1, 0.15) is 56.4 Å². The summed E-state index contributed by atoms with van der Waals surface area (Å²) in [6.45, 7) is 4.68. The predicted molar refractivity (Wildman–Crippen MR) is 121 cm³/mol. The average molecular weight is 444 g/mol. The summed E-state index contributed by atoms with van der Waals surface area (Å²) in [6.07, 6.45) is 3.90. The van der Waals surface area contributed by atoms with E-state index in [0.717, 1.165) is 17.7 Å². The minimum Gasteiger partial charge on any atom is -0.496 e. The number of nitrogens with zero attached hydrogens (tertiary/aromatic N) is 2. The van der Waals surface area contributed by atoms with E-state index in [0.29, 0.717) is 30.4 Å². The zero-order valence-corrected chi connectivity index (χ0v) is 19.3. The Kier molecular flexibility index (Phi) is 7.77. The molecule has 1 fully saturated rings. The van der Waals surface area contributed by atoms with E-state index in [1.54, 1.807) is 20.3 Å². The molecule has 1 aliphatic carbocycles. The molecule has 8 nitrogen and oxygen atoms in total. The van der Waals surface area contributed by atoms with Crippen molar-refractivity contribution in [3.05, 3.63) is 30.0 Å². The van der Waals surface area contributed by atoms with Crippen LogP contribution in [0.5, 0.6) is 11.5 Å². The molecular weight excluding hydrogens is 410 g/mol.